The lowest BCUT2D eigenvalue weighted by Crippen LogP contribution is -2.32. The third-order valence-electron chi connectivity index (χ3n) is 5.78. The van der Waals surface area contributed by atoms with E-state index in [1.807, 2.05) is 53.4 Å². The van der Waals surface area contributed by atoms with Crippen molar-refractivity contribution in [2.24, 2.45) is 0 Å². The number of amides is 2. The number of hydrogen-bond donors (Lipinski definition) is 1. The van der Waals surface area contributed by atoms with Crippen molar-refractivity contribution >= 4 is 23.2 Å². The Morgan fingerprint density at radius 1 is 0.656 bits per heavy atom. The maximum atomic E-state index is 13.5. The maximum Gasteiger partial charge on any atom is 0.258 e. The standard InChI is InChI=1S/C28H22N2O2/c31-27(21-9-2-1-3-10-21)29-23-16-14-22(15-17-23)28(32)30-19-18-20-8-4-5-11-24(20)25-12-6-7-13-26(25)30/h1-17H,18-19H2,(H,29,31). The summed E-state index contributed by atoms with van der Waals surface area (Å²) < 4.78 is 0. The molecule has 4 heteroatoms. The van der Waals surface area contributed by atoms with Gasteiger partial charge in [0.25, 0.3) is 11.8 Å². The van der Waals surface area contributed by atoms with Crippen LogP contribution in [0.4, 0.5) is 11.4 Å². The first kappa shape index (κ1) is 19.8. The molecule has 1 N–H and O–H groups in total. The van der Waals surface area contributed by atoms with Gasteiger partial charge in [-0.1, -0.05) is 60.7 Å². The van der Waals surface area contributed by atoms with E-state index in [0.717, 1.165) is 17.7 Å². The molecule has 2 amide bonds. The highest BCUT2D eigenvalue weighted by atomic mass is 16.2. The number of hydrogen-bond acceptors (Lipinski definition) is 2. The molecule has 0 atom stereocenters. The zero-order valence-electron chi connectivity index (χ0n) is 17.5. The van der Waals surface area contributed by atoms with Crippen LogP contribution >= 0.6 is 0 Å². The summed E-state index contributed by atoms with van der Waals surface area (Å²) in [6, 6.07) is 32.5. The van der Waals surface area contributed by atoms with Crippen LogP contribution in [0, 0.1) is 0 Å². The lowest BCUT2D eigenvalue weighted by molar-refractivity contribution is 0.0986. The molecule has 0 saturated carbocycles. The molecule has 0 fully saturated rings. The summed E-state index contributed by atoms with van der Waals surface area (Å²) in [5.41, 5.74) is 6.24. The van der Waals surface area contributed by atoms with Crippen molar-refractivity contribution in [3.63, 3.8) is 0 Å². The minimum Gasteiger partial charge on any atom is -0.322 e. The summed E-state index contributed by atoms with van der Waals surface area (Å²) >= 11 is 0. The molecule has 0 saturated heterocycles. The van der Waals surface area contributed by atoms with E-state index in [1.54, 1.807) is 36.4 Å². The van der Waals surface area contributed by atoms with Crippen LogP contribution in [0.3, 0.4) is 0 Å². The molecule has 32 heavy (non-hydrogen) atoms. The van der Waals surface area contributed by atoms with Gasteiger partial charge in [0.2, 0.25) is 0 Å². The lowest BCUT2D eigenvalue weighted by Gasteiger charge is -2.23. The molecule has 4 aromatic rings. The summed E-state index contributed by atoms with van der Waals surface area (Å²) in [6.07, 6.45) is 0.793. The van der Waals surface area contributed by atoms with Crippen molar-refractivity contribution in [2.45, 2.75) is 6.42 Å². The van der Waals surface area contributed by atoms with Crippen molar-refractivity contribution in [3.05, 3.63) is 120 Å². The van der Waals surface area contributed by atoms with Crippen LogP contribution < -0.4 is 10.2 Å². The van der Waals surface area contributed by atoms with Crippen molar-refractivity contribution in [1.29, 1.82) is 0 Å². The molecule has 0 spiro atoms. The Bertz CT molecular complexity index is 1280. The van der Waals surface area contributed by atoms with Gasteiger partial charge < -0.3 is 10.2 Å². The number of nitrogens with one attached hydrogen (secondary N) is 1. The van der Waals surface area contributed by atoms with Gasteiger partial charge in [-0.05, 0) is 60.0 Å². The zero-order valence-corrected chi connectivity index (χ0v) is 17.5. The quantitative estimate of drug-likeness (QED) is 0.456. The molecule has 5 rings (SSSR count). The summed E-state index contributed by atoms with van der Waals surface area (Å²) in [5, 5.41) is 2.88. The number of fused-ring (bicyclic) bond motifs is 3. The predicted octanol–water partition coefficient (Wildman–Crippen LogP) is 5.81. The van der Waals surface area contributed by atoms with Gasteiger partial charge in [0.05, 0.1) is 5.69 Å². The van der Waals surface area contributed by atoms with Gasteiger partial charge in [-0.2, -0.15) is 0 Å². The van der Waals surface area contributed by atoms with Crippen LogP contribution in [-0.2, 0) is 6.42 Å². The van der Waals surface area contributed by atoms with Crippen LogP contribution in [0.5, 0.6) is 0 Å². The molecular weight excluding hydrogens is 396 g/mol. The van der Waals surface area contributed by atoms with E-state index in [1.165, 1.54) is 11.1 Å². The van der Waals surface area contributed by atoms with Gasteiger partial charge in [0.15, 0.2) is 0 Å². The van der Waals surface area contributed by atoms with Crippen molar-refractivity contribution in [3.8, 4) is 11.1 Å². The molecule has 0 aromatic heterocycles. The fourth-order valence-electron chi connectivity index (χ4n) is 4.15. The second-order valence-electron chi connectivity index (χ2n) is 7.78. The first-order chi connectivity index (χ1) is 15.7. The number of para-hydroxylation sites is 1. The van der Waals surface area contributed by atoms with Crippen LogP contribution in [0.2, 0.25) is 0 Å². The van der Waals surface area contributed by atoms with Gasteiger partial charge in [-0.15, -0.1) is 0 Å². The van der Waals surface area contributed by atoms with Crippen LogP contribution in [0.1, 0.15) is 26.3 Å². The Morgan fingerprint density at radius 2 is 1.31 bits per heavy atom. The minimum atomic E-state index is -0.177. The lowest BCUT2D eigenvalue weighted by atomic mass is 9.98. The van der Waals surface area contributed by atoms with E-state index in [-0.39, 0.29) is 11.8 Å². The number of benzene rings is 4. The third-order valence-corrected chi connectivity index (χ3v) is 5.78. The molecular formula is C28H22N2O2. The fourth-order valence-corrected chi connectivity index (χ4v) is 4.15. The van der Waals surface area contributed by atoms with E-state index in [9.17, 15) is 9.59 Å². The Balaban J connectivity index is 1.39. The van der Waals surface area contributed by atoms with E-state index >= 15 is 0 Å². The summed E-state index contributed by atoms with van der Waals surface area (Å²) in [5.74, 6) is -0.227. The SMILES string of the molecule is O=C(Nc1ccc(C(=O)N2CCc3ccccc3-c3ccccc32)cc1)c1ccccc1. The predicted molar refractivity (Wildman–Crippen MR) is 128 cm³/mol. The van der Waals surface area contributed by atoms with Gasteiger partial charge in [0.1, 0.15) is 0 Å². The number of rotatable bonds is 3. The highest BCUT2D eigenvalue weighted by Crippen LogP contribution is 2.36. The van der Waals surface area contributed by atoms with Crippen molar-refractivity contribution in [1.82, 2.24) is 0 Å². The number of anilines is 2. The second kappa shape index (κ2) is 8.52. The van der Waals surface area contributed by atoms with Crippen LogP contribution in [0.15, 0.2) is 103 Å². The fraction of sp³-hybridized carbons (Fsp3) is 0.0714. The zero-order chi connectivity index (χ0) is 21.9. The van der Waals surface area contributed by atoms with Gasteiger partial charge >= 0.3 is 0 Å². The number of carbonyl (C=O) groups is 2. The molecule has 0 aliphatic carbocycles. The molecule has 156 valence electrons. The molecule has 0 bridgehead atoms. The topological polar surface area (TPSA) is 49.4 Å². The Labute approximate surface area is 187 Å². The highest BCUT2D eigenvalue weighted by molar-refractivity contribution is 6.09. The summed E-state index contributed by atoms with van der Waals surface area (Å²) in [4.78, 5) is 27.7. The molecule has 1 heterocycles. The van der Waals surface area contributed by atoms with Gasteiger partial charge in [0, 0.05) is 28.9 Å². The average molecular weight is 418 g/mol. The molecule has 0 unspecified atom stereocenters. The van der Waals surface area contributed by atoms with Gasteiger partial charge in [-0.25, -0.2) is 0 Å². The smallest absolute Gasteiger partial charge is 0.258 e. The average Bonchev–Trinajstić information content (AvgIpc) is 3.02. The Morgan fingerprint density at radius 3 is 2.09 bits per heavy atom. The van der Waals surface area contributed by atoms with Crippen molar-refractivity contribution < 1.29 is 9.59 Å². The van der Waals surface area contributed by atoms with Crippen LogP contribution in [0.25, 0.3) is 11.1 Å². The number of nitrogens with zero attached hydrogens (tertiary/aromatic N) is 1. The van der Waals surface area contributed by atoms with E-state index in [2.05, 4.69) is 23.5 Å². The Kier molecular flexibility index (Phi) is 5.26. The highest BCUT2D eigenvalue weighted by Gasteiger charge is 2.24. The molecule has 1 aliphatic heterocycles. The third kappa shape index (κ3) is 3.79. The summed E-state index contributed by atoms with van der Waals surface area (Å²) in [7, 11) is 0. The van der Waals surface area contributed by atoms with Crippen LogP contribution in [-0.4, -0.2) is 18.4 Å². The van der Waals surface area contributed by atoms with Gasteiger partial charge in [-0.3, -0.25) is 9.59 Å². The molecule has 4 aromatic carbocycles. The maximum absolute atomic E-state index is 13.5. The molecule has 4 nitrogen and oxygen atoms in total. The molecule has 0 radical (unpaired) electrons. The second-order valence-corrected chi connectivity index (χ2v) is 7.78. The van der Waals surface area contributed by atoms with E-state index in [0.29, 0.717) is 23.4 Å². The van der Waals surface area contributed by atoms with E-state index < -0.39 is 0 Å². The largest absolute Gasteiger partial charge is 0.322 e. The first-order valence-corrected chi connectivity index (χ1v) is 10.7. The normalized spacial score (nSPS) is 12.3. The Hall–Kier alpha value is -4.18. The minimum absolute atomic E-state index is 0.0498. The number of carbonyl (C=O) groups excluding carboxylic acids is 2. The molecule has 1 aliphatic rings. The summed E-state index contributed by atoms with van der Waals surface area (Å²) in [6.45, 7) is 0.610. The first-order valence-electron chi connectivity index (χ1n) is 10.7. The monoisotopic (exact) mass is 418 g/mol. The van der Waals surface area contributed by atoms with E-state index in [4.69, 9.17) is 0 Å². The van der Waals surface area contributed by atoms with Crippen molar-refractivity contribution in [2.75, 3.05) is 16.8 Å².